The van der Waals surface area contributed by atoms with E-state index < -0.39 is 0 Å². The van der Waals surface area contributed by atoms with Gasteiger partial charge in [-0.25, -0.2) is 0 Å². The van der Waals surface area contributed by atoms with Crippen molar-refractivity contribution in [2.75, 3.05) is 5.32 Å². The fourth-order valence-electron chi connectivity index (χ4n) is 2.12. The summed E-state index contributed by atoms with van der Waals surface area (Å²) in [5, 5.41) is 14.5. The summed E-state index contributed by atoms with van der Waals surface area (Å²) in [5.41, 5.74) is 3.72. The summed E-state index contributed by atoms with van der Waals surface area (Å²) in [6.07, 6.45) is 0.620. The molecule has 1 amide bonds. The minimum Gasteiger partial charge on any atom is -0.339 e. The van der Waals surface area contributed by atoms with Crippen LogP contribution in [0.4, 0.5) is 5.13 Å². The number of hydrogen-bond donors (Lipinski definition) is 1. The standard InChI is InChI=1S/C16H17N5O2S/c1-10(2)11-3-5-12(6-4-11)15-19-14(23-21-15)8-7-13(22)18-16-20-17-9-24-16/h3-6,9-10H,7-8H2,1-2H3,(H,18,20,22). The van der Waals surface area contributed by atoms with E-state index in [-0.39, 0.29) is 12.3 Å². The van der Waals surface area contributed by atoms with E-state index in [1.54, 1.807) is 5.51 Å². The van der Waals surface area contributed by atoms with Crippen LogP contribution in [-0.4, -0.2) is 26.2 Å². The van der Waals surface area contributed by atoms with Gasteiger partial charge in [-0.05, 0) is 11.5 Å². The van der Waals surface area contributed by atoms with Gasteiger partial charge in [-0.2, -0.15) is 4.98 Å². The largest absolute Gasteiger partial charge is 0.339 e. The minimum absolute atomic E-state index is 0.159. The molecule has 0 atom stereocenters. The number of aryl methyl sites for hydroxylation is 1. The smallest absolute Gasteiger partial charge is 0.227 e. The lowest BCUT2D eigenvalue weighted by Gasteiger charge is -2.04. The SMILES string of the molecule is CC(C)c1ccc(-c2noc(CCC(=O)Nc3nncs3)n2)cc1. The number of benzene rings is 1. The Kier molecular flexibility index (Phi) is 4.95. The van der Waals surface area contributed by atoms with Crippen LogP contribution in [0.15, 0.2) is 34.3 Å². The van der Waals surface area contributed by atoms with Crippen LogP contribution in [-0.2, 0) is 11.2 Å². The summed E-state index contributed by atoms with van der Waals surface area (Å²) >= 11 is 1.27. The number of nitrogens with one attached hydrogen (secondary N) is 1. The molecular formula is C16H17N5O2S. The maximum atomic E-state index is 11.8. The molecule has 0 unspecified atom stereocenters. The number of hydrogen-bond acceptors (Lipinski definition) is 7. The van der Waals surface area contributed by atoms with E-state index in [1.165, 1.54) is 16.9 Å². The van der Waals surface area contributed by atoms with Gasteiger partial charge in [0.2, 0.25) is 22.8 Å². The van der Waals surface area contributed by atoms with E-state index in [9.17, 15) is 4.79 Å². The predicted molar refractivity (Wildman–Crippen MR) is 90.7 cm³/mol. The predicted octanol–water partition coefficient (Wildman–Crippen LogP) is 3.28. The van der Waals surface area contributed by atoms with Gasteiger partial charge >= 0.3 is 0 Å². The number of aromatic nitrogens is 4. The summed E-state index contributed by atoms with van der Waals surface area (Å²) in [7, 11) is 0. The molecule has 0 bridgehead atoms. The molecule has 124 valence electrons. The number of nitrogens with zero attached hydrogens (tertiary/aromatic N) is 4. The second kappa shape index (κ2) is 7.31. The molecule has 0 aliphatic heterocycles. The average molecular weight is 343 g/mol. The summed E-state index contributed by atoms with van der Waals surface area (Å²) in [6, 6.07) is 8.08. The molecule has 0 aliphatic rings. The maximum Gasteiger partial charge on any atom is 0.227 e. The van der Waals surface area contributed by atoms with Crippen LogP contribution in [0.25, 0.3) is 11.4 Å². The van der Waals surface area contributed by atoms with Crippen LogP contribution in [0.1, 0.15) is 37.6 Å². The molecule has 0 saturated carbocycles. The molecule has 1 N–H and O–H groups in total. The van der Waals surface area contributed by atoms with Gasteiger partial charge in [0.15, 0.2) is 0 Å². The van der Waals surface area contributed by atoms with E-state index in [1.807, 2.05) is 12.1 Å². The van der Waals surface area contributed by atoms with Crippen molar-refractivity contribution in [1.29, 1.82) is 0 Å². The van der Waals surface area contributed by atoms with Crippen molar-refractivity contribution >= 4 is 22.4 Å². The highest BCUT2D eigenvalue weighted by Gasteiger charge is 2.12. The Labute approximate surface area is 143 Å². The Morgan fingerprint density at radius 2 is 2.08 bits per heavy atom. The molecule has 8 heteroatoms. The number of carbonyl (C=O) groups excluding carboxylic acids is 1. The van der Waals surface area contributed by atoms with Crippen LogP contribution in [0.2, 0.25) is 0 Å². The van der Waals surface area contributed by atoms with Crippen LogP contribution in [0.3, 0.4) is 0 Å². The minimum atomic E-state index is -0.159. The highest BCUT2D eigenvalue weighted by atomic mass is 32.1. The van der Waals surface area contributed by atoms with Crippen molar-refractivity contribution in [3.05, 3.63) is 41.2 Å². The van der Waals surface area contributed by atoms with E-state index in [0.29, 0.717) is 29.2 Å². The Balaban J connectivity index is 1.58. The maximum absolute atomic E-state index is 11.8. The Morgan fingerprint density at radius 3 is 2.75 bits per heavy atom. The monoisotopic (exact) mass is 343 g/mol. The quantitative estimate of drug-likeness (QED) is 0.738. The number of anilines is 1. The number of carbonyl (C=O) groups is 1. The third-order valence-electron chi connectivity index (χ3n) is 3.48. The van der Waals surface area contributed by atoms with Gasteiger partial charge in [-0.3, -0.25) is 4.79 Å². The zero-order chi connectivity index (χ0) is 16.9. The molecule has 2 heterocycles. The lowest BCUT2D eigenvalue weighted by Crippen LogP contribution is -2.12. The van der Waals surface area contributed by atoms with Crippen molar-refractivity contribution in [3.63, 3.8) is 0 Å². The Hall–Kier alpha value is -2.61. The highest BCUT2D eigenvalue weighted by molar-refractivity contribution is 7.13. The second-order valence-electron chi connectivity index (χ2n) is 5.58. The molecule has 7 nitrogen and oxygen atoms in total. The van der Waals surface area contributed by atoms with Crippen molar-refractivity contribution in [1.82, 2.24) is 20.3 Å². The Bertz CT molecular complexity index is 796. The summed E-state index contributed by atoms with van der Waals surface area (Å²) in [4.78, 5) is 16.1. The van der Waals surface area contributed by atoms with E-state index in [4.69, 9.17) is 4.52 Å². The zero-order valence-electron chi connectivity index (χ0n) is 13.4. The third-order valence-corrected chi connectivity index (χ3v) is 4.08. The van der Waals surface area contributed by atoms with Crippen molar-refractivity contribution < 1.29 is 9.32 Å². The first-order valence-corrected chi connectivity index (χ1v) is 8.48. The van der Waals surface area contributed by atoms with E-state index in [0.717, 1.165) is 5.56 Å². The fraction of sp³-hybridized carbons (Fsp3) is 0.312. The summed E-state index contributed by atoms with van der Waals surface area (Å²) in [5.74, 6) is 1.29. The first kappa shape index (κ1) is 16.3. The van der Waals surface area contributed by atoms with Gasteiger partial charge < -0.3 is 9.84 Å². The van der Waals surface area contributed by atoms with Crippen LogP contribution in [0.5, 0.6) is 0 Å². The van der Waals surface area contributed by atoms with Crippen LogP contribution in [0, 0.1) is 0 Å². The molecule has 2 aromatic heterocycles. The lowest BCUT2D eigenvalue weighted by atomic mass is 10.0. The van der Waals surface area contributed by atoms with Gasteiger partial charge in [0.25, 0.3) is 0 Å². The van der Waals surface area contributed by atoms with Gasteiger partial charge in [0, 0.05) is 18.4 Å². The van der Waals surface area contributed by atoms with Gasteiger partial charge in [0.1, 0.15) is 5.51 Å². The third kappa shape index (κ3) is 4.02. The molecular weight excluding hydrogens is 326 g/mol. The average Bonchev–Trinajstić information content (AvgIpc) is 3.24. The summed E-state index contributed by atoms with van der Waals surface area (Å²) < 4.78 is 5.22. The summed E-state index contributed by atoms with van der Waals surface area (Å²) in [6.45, 7) is 4.29. The molecule has 0 fully saturated rings. The van der Waals surface area contributed by atoms with Crippen LogP contribution < -0.4 is 5.32 Å². The Morgan fingerprint density at radius 1 is 1.29 bits per heavy atom. The molecule has 0 spiro atoms. The molecule has 0 saturated heterocycles. The zero-order valence-corrected chi connectivity index (χ0v) is 14.2. The molecule has 3 aromatic rings. The van der Waals surface area contributed by atoms with Crippen molar-refractivity contribution in [3.8, 4) is 11.4 Å². The second-order valence-corrected chi connectivity index (χ2v) is 6.41. The lowest BCUT2D eigenvalue weighted by molar-refractivity contribution is -0.116. The van der Waals surface area contributed by atoms with Crippen molar-refractivity contribution in [2.45, 2.75) is 32.6 Å². The fourth-order valence-corrected chi connectivity index (χ4v) is 2.58. The molecule has 24 heavy (non-hydrogen) atoms. The first-order chi connectivity index (χ1) is 11.6. The molecule has 0 aliphatic carbocycles. The normalized spacial score (nSPS) is 11.0. The van der Waals surface area contributed by atoms with Crippen molar-refractivity contribution in [2.24, 2.45) is 0 Å². The van der Waals surface area contributed by atoms with Crippen LogP contribution >= 0.6 is 11.3 Å². The number of amides is 1. The van der Waals surface area contributed by atoms with E-state index >= 15 is 0 Å². The molecule has 1 aromatic carbocycles. The first-order valence-electron chi connectivity index (χ1n) is 7.61. The highest BCUT2D eigenvalue weighted by Crippen LogP contribution is 2.20. The van der Waals surface area contributed by atoms with Gasteiger partial charge in [0.05, 0.1) is 0 Å². The van der Waals surface area contributed by atoms with Gasteiger partial charge in [-0.15, -0.1) is 10.2 Å². The number of rotatable bonds is 6. The van der Waals surface area contributed by atoms with Gasteiger partial charge in [-0.1, -0.05) is 54.6 Å². The molecule has 0 radical (unpaired) electrons. The molecule has 3 rings (SSSR count). The topological polar surface area (TPSA) is 93.8 Å². The van der Waals surface area contributed by atoms with E-state index in [2.05, 4.69) is 51.6 Å².